The zero-order valence-corrected chi connectivity index (χ0v) is 16.6. The molecular formula is C22H18ClN3O3. The molecule has 7 heteroatoms. The summed E-state index contributed by atoms with van der Waals surface area (Å²) in [6.07, 6.45) is 4.21. The van der Waals surface area contributed by atoms with E-state index in [1.54, 1.807) is 12.3 Å². The second-order valence-corrected chi connectivity index (χ2v) is 7.66. The molecule has 4 aromatic rings. The van der Waals surface area contributed by atoms with Crippen LogP contribution < -0.4 is 5.63 Å². The quantitative estimate of drug-likeness (QED) is 0.470. The molecule has 1 aromatic carbocycles. The van der Waals surface area contributed by atoms with Gasteiger partial charge in [-0.1, -0.05) is 23.2 Å². The normalized spacial score (nSPS) is 14.3. The third kappa shape index (κ3) is 3.34. The number of halogens is 1. The van der Waals surface area contributed by atoms with Gasteiger partial charge in [0.15, 0.2) is 11.6 Å². The van der Waals surface area contributed by atoms with Crippen molar-refractivity contribution < 1.29 is 8.83 Å². The van der Waals surface area contributed by atoms with Crippen molar-refractivity contribution in [2.45, 2.75) is 26.4 Å². The molecule has 0 N–H and O–H groups in total. The van der Waals surface area contributed by atoms with Crippen molar-refractivity contribution in [1.82, 2.24) is 14.9 Å². The van der Waals surface area contributed by atoms with Gasteiger partial charge in [0.25, 0.3) is 0 Å². The molecule has 29 heavy (non-hydrogen) atoms. The Labute approximate surface area is 171 Å². The Hall–Kier alpha value is -2.96. The molecule has 0 unspecified atom stereocenters. The van der Waals surface area contributed by atoms with Gasteiger partial charge in [-0.15, -0.1) is 0 Å². The fourth-order valence-corrected chi connectivity index (χ4v) is 3.99. The molecule has 0 fully saturated rings. The van der Waals surface area contributed by atoms with Gasteiger partial charge in [0.2, 0.25) is 0 Å². The third-order valence-corrected chi connectivity index (χ3v) is 5.65. The van der Waals surface area contributed by atoms with Gasteiger partial charge in [-0.05, 0) is 31.2 Å². The number of benzene rings is 1. The van der Waals surface area contributed by atoms with Crippen LogP contribution in [0.25, 0.3) is 22.6 Å². The fraction of sp³-hybridized carbons (Fsp3) is 0.227. The minimum atomic E-state index is -0.387. The zero-order chi connectivity index (χ0) is 20.0. The van der Waals surface area contributed by atoms with E-state index in [0.717, 1.165) is 35.2 Å². The summed E-state index contributed by atoms with van der Waals surface area (Å²) >= 11 is 6.59. The molecule has 5 rings (SSSR count). The van der Waals surface area contributed by atoms with E-state index in [0.29, 0.717) is 40.8 Å². The lowest BCUT2D eigenvalue weighted by molar-refractivity contribution is 0.240. The summed E-state index contributed by atoms with van der Waals surface area (Å²) in [6, 6.07) is 9.30. The number of hydrogen-bond donors (Lipinski definition) is 0. The summed E-state index contributed by atoms with van der Waals surface area (Å²) < 4.78 is 10.9. The summed E-state index contributed by atoms with van der Waals surface area (Å²) in [5.74, 6) is 1.25. The van der Waals surface area contributed by atoms with Crippen LogP contribution in [0.3, 0.4) is 0 Å². The van der Waals surface area contributed by atoms with Crippen LogP contribution in [0.2, 0.25) is 5.02 Å². The largest absolute Gasteiger partial charge is 0.461 e. The number of aromatic nitrogens is 2. The number of furan rings is 1. The van der Waals surface area contributed by atoms with Gasteiger partial charge in [0, 0.05) is 43.2 Å². The van der Waals surface area contributed by atoms with E-state index in [9.17, 15) is 4.79 Å². The van der Waals surface area contributed by atoms with E-state index in [2.05, 4.69) is 14.9 Å². The minimum Gasteiger partial charge on any atom is -0.461 e. The lowest BCUT2D eigenvalue weighted by atomic mass is 10.1. The Morgan fingerprint density at radius 3 is 3.00 bits per heavy atom. The van der Waals surface area contributed by atoms with Gasteiger partial charge in [0.1, 0.15) is 5.58 Å². The maximum absolute atomic E-state index is 12.5. The average Bonchev–Trinajstić information content (AvgIpc) is 3.26. The molecule has 1 aliphatic rings. The van der Waals surface area contributed by atoms with Crippen molar-refractivity contribution in [2.75, 3.05) is 6.54 Å². The smallest absolute Gasteiger partial charge is 0.342 e. The molecule has 1 aliphatic heterocycles. The summed E-state index contributed by atoms with van der Waals surface area (Å²) in [5, 5.41) is 1.24. The maximum atomic E-state index is 12.5. The lowest BCUT2D eigenvalue weighted by Gasteiger charge is -2.27. The predicted molar refractivity (Wildman–Crippen MR) is 110 cm³/mol. The average molecular weight is 408 g/mol. The SMILES string of the molecule is Cc1ccc2oc(=O)c(CN3CCc4nc(-c5ccco5)ncc4C3)c(Cl)c2c1. The molecule has 0 saturated heterocycles. The Bertz CT molecular complexity index is 1260. The highest BCUT2D eigenvalue weighted by Crippen LogP contribution is 2.28. The molecule has 6 nitrogen and oxygen atoms in total. The Balaban J connectivity index is 1.42. The first kappa shape index (κ1) is 18.1. The summed E-state index contributed by atoms with van der Waals surface area (Å²) in [5.41, 5.74) is 3.73. The highest BCUT2D eigenvalue weighted by molar-refractivity contribution is 6.36. The molecule has 0 radical (unpaired) electrons. The van der Waals surface area contributed by atoms with E-state index < -0.39 is 0 Å². The van der Waals surface area contributed by atoms with Crippen LogP contribution in [-0.4, -0.2) is 21.4 Å². The monoisotopic (exact) mass is 407 g/mol. The Kier molecular flexibility index (Phi) is 4.45. The van der Waals surface area contributed by atoms with Crippen molar-refractivity contribution in [3.8, 4) is 11.6 Å². The van der Waals surface area contributed by atoms with Gasteiger partial charge < -0.3 is 8.83 Å². The molecule has 0 amide bonds. The highest BCUT2D eigenvalue weighted by atomic mass is 35.5. The molecule has 146 valence electrons. The minimum absolute atomic E-state index is 0.387. The van der Waals surface area contributed by atoms with Gasteiger partial charge in [-0.2, -0.15) is 0 Å². The van der Waals surface area contributed by atoms with E-state index in [1.165, 1.54) is 0 Å². The maximum Gasteiger partial charge on any atom is 0.342 e. The Morgan fingerprint density at radius 2 is 2.17 bits per heavy atom. The molecule has 0 aliphatic carbocycles. The van der Waals surface area contributed by atoms with Crippen molar-refractivity contribution in [1.29, 1.82) is 0 Å². The van der Waals surface area contributed by atoms with Crippen LogP contribution in [-0.2, 0) is 19.5 Å². The third-order valence-electron chi connectivity index (χ3n) is 5.22. The standard InChI is InChI=1S/C22H18ClN3O3/c1-13-4-5-18-15(9-13)20(23)16(22(27)29-18)12-26-7-6-17-14(11-26)10-24-21(25-17)19-3-2-8-28-19/h2-5,8-10H,6-7,11-12H2,1H3. The summed E-state index contributed by atoms with van der Waals surface area (Å²) in [7, 11) is 0. The number of hydrogen-bond acceptors (Lipinski definition) is 6. The number of aryl methyl sites for hydroxylation is 1. The second kappa shape index (κ2) is 7.13. The van der Waals surface area contributed by atoms with Crippen LogP contribution in [0.15, 0.2) is 56.4 Å². The number of rotatable bonds is 3. The van der Waals surface area contributed by atoms with Gasteiger partial charge in [-0.25, -0.2) is 14.8 Å². The molecule has 0 atom stereocenters. The van der Waals surface area contributed by atoms with E-state index >= 15 is 0 Å². The van der Waals surface area contributed by atoms with Crippen LogP contribution >= 0.6 is 11.6 Å². The highest BCUT2D eigenvalue weighted by Gasteiger charge is 2.22. The summed E-state index contributed by atoms with van der Waals surface area (Å²) in [4.78, 5) is 23.8. The van der Waals surface area contributed by atoms with Crippen molar-refractivity contribution in [2.24, 2.45) is 0 Å². The van der Waals surface area contributed by atoms with Crippen LogP contribution in [0.5, 0.6) is 0 Å². The van der Waals surface area contributed by atoms with E-state index in [4.69, 9.17) is 20.4 Å². The molecule has 0 bridgehead atoms. The molecule has 0 saturated carbocycles. The predicted octanol–water partition coefficient (Wildman–Crippen LogP) is 4.36. The van der Waals surface area contributed by atoms with Crippen LogP contribution in [0.4, 0.5) is 0 Å². The van der Waals surface area contributed by atoms with Crippen molar-refractivity contribution >= 4 is 22.6 Å². The first-order chi connectivity index (χ1) is 14.1. The van der Waals surface area contributed by atoms with Gasteiger partial charge in [-0.3, -0.25) is 4.90 Å². The van der Waals surface area contributed by atoms with Crippen molar-refractivity contribution in [3.05, 3.63) is 80.6 Å². The zero-order valence-electron chi connectivity index (χ0n) is 15.8. The van der Waals surface area contributed by atoms with Gasteiger partial charge in [0.05, 0.1) is 22.5 Å². The van der Waals surface area contributed by atoms with E-state index in [-0.39, 0.29) is 5.63 Å². The topological polar surface area (TPSA) is 72.4 Å². The first-order valence-corrected chi connectivity index (χ1v) is 9.79. The molecule has 4 heterocycles. The fourth-order valence-electron chi connectivity index (χ4n) is 3.71. The van der Waals surface area contributed by atoms with Crippen molar-refractivity contribution in [3.63, 3.8) is 0 Å². The lowest BCUT2D eigenvalue weighted by Crippen LogP contribution is -2.32. The van der Waals surface area contributed by atoms with E-state index in [1.807, 2.05) is 37.4 Å². The summed E-state index contributed by atoms with van der Waals surface area (Å²) in [6.45, 7) is 3.82. The molecule has 0 spiro atoms. The number of fused-ring (bicyclic) bond motifs is 2. The Morgan fingerprint density at radius 1 is 1.28 bits per heavy atom. The van der Waals surface area contributed by atoms with Gasteiger partial charge >= 0.3 is 5.63 Å². The first-order valence-electron chi connectivity index (χ1n) is 9.41. The molecular weight excluding hydrogens is 390 g/mol. The van der Waals surface area contributed by atoms with Crippen LogP contribution in [0, 0.1) is 6.92 Å². The van der Waals surface area contributed by atoms with Crippen LogP contribution in [0.1, 0.15) is 22.4 Å². The second-order valence-electron chi connectivity index (χ2n) is 7.29. The number of nitrogens with zero attached hydrogens (tertiary/aromatic N) is 3. The molecule has 3 aromatic heterocycles.